The van der Waals surface area contributed by atoms with Crippen LogP contribution in [0.1, 0.15) is 11.3 Å². The van der Waals surface area contributed by atoms with E-state index in [0.717, 1.165) is 22.7 Å². The predicted octanol–water partition coefficient (Wildman–Crippen LogP) is 4.12. The van der Waals surface area contributed by atoms with Crippen molar-refractivity contribution in [3.63, 3.8) is 0 Å². The number of nitriles is 1. The minimum Gasteiger partial charge on any atom is -0.244 e. The maximum absolute atomic E-state index is 12.6. The maximum atomic E-state index is 12.6. The van der Waals surface area contributed by atoms with E-state index in [1.165, 1.54) is 0 Å². The Morgan fingerprint density at radius 3 is 2.42 bits per heavy atom. The molecule has 0 saturated carbocycles. The molecule has 0 fully saturated rings. The SMILES string of the molecule is N#Cc1ncc(C(F)(F)F)cc1Sc1ccccc1. The molecule has 6 heteroatoms. The number of nitrogens with zero attached hydrogens (tertiary/aromatic N) is 2. The molecule has 0 aliphatic rings. The lowest BCUT2D eigenvalue weighted by molar-refractivity contribution is -0.138. The van der Waals surface area contributed by atoms with Crippen LogP contribution in [0.25, 0.3) is 0 Å². The van der Waals surface area contributed by atoms with Crippen LogP contribution in [0.3, 0.4) is 0 Å². The molecule has 0 aliphatic heterocycles. The number of aromatic nitrogens is 1. The molecule has 2 rings (SSSR count). The van der Waals surface area contributed by atoms with Crippen LogP contribution in [0.15, 0.2) is 52.4 Å². The van der Waals surface area contributed by atoms with Gasteiger partial charge in [-0.2, -0.15) is 18.4 Å². The normalized spacial score (nSPS) is 11.1. The summed E-state index contributed by atoms with van der Waals surface area (Å²) in [4.78, 5) is 4.51. The van der Waals surface area contributed by atoms with Gasteiger partial charge in [-0.1, -0.05) is 30.0 Å². The largest absolute Gasteiger partial charge is 0.417 e. The van der Waals surface area contributed by atoms with E-state index >= 15 is 0 Å². The Morgan fingerprint density at radius 2 is 1.84 bits per heavy atom. The van der Waals surface area contributed by atoms with Crippen molar-refractivity contribution in [2.75, 3.05) is 0 Å². The molecule has 0 unspecified atom stereocenters. The second-order valence-corrected chi connectivity index (χ2v) is 4.71. The number of benzene rings is 1. The summed E-state index contributed by atoms with van der Waals surface area (Å²) >= 11 is 1.08. The van der Waals surface area contributed by atoms with Gasteiger partial charge < -0.3 is 0 Å². The highest BCUT2D eigenvalue weighted by Crippen LogP contribution is 2.35. The summed E-state index contributed by atoms with van der Waals surface area (Å²) in [5, 5.41) is 8.88. The fourth-order valence-corrected chi connectivity index (χ4v) is 2.30. The number of alkyl halides is 3. The van der Waals surface area contributed by atoms with Gasteiger partial charge in [0.25, 0.3) is 0 Å². The first kappa shape index (κ1) is 13.4. The Balaban J connectivity index is 2.41. The van der Waals surface area contributed by atoms with E-state index in [4.69, 9.17) is 5.26 Å². The summed E-state index contributed by atoms with van der Waals surface area (Å²) < 4.78 is 37.8. The van der Waals surface area contributed by atoms with Gasteiger partial charge in [0.15, 0.2) is 5.69 Å². The molecule has 0 spiro atoms. The lowest BCUT2D eigenvalue weighted by Gasteiger charge is -2.09. The monoisotopic (exact) mass is 280 g/mol. The van der Waals surface area contributed by atoms with Crippen LogP contribution < -0.4 is 0 Å². The van der Waals surface area contributed by atoms with Crippen LogP contribution in [0.2, 0.25) is 0 Å². The number of halogens is 3. The van der Waals surface area contributed by atoms with E-state index in [1.54, 1.807) is 36.4 Å². The van der Waals surface area contributed by atoms with Crippen LogP contribution in [-0.4, -0.2) is 4.98 Å². The first-order chi connectivity index (χ1) is 9.00. The molecule has 0 aliphatic carbocycles. The van der Waals surface area contributed by atoms with Gasteiger partial charge in [0.2, 0.25) is 0 Å². The Hall–Kier alpha value is -2.00. The van der Waals surface area contributed by atoms with E-state index in [-0.39, 0.29) is 10.6 Å². The van der Waals surface area contributed by atoms with Gasteiger partial charge in [-0.15, -0.1) is 0 Å². The number of hydrogen-bond donors (Lipinski definition) is 0. The third-order valence-electron chi connectivity index (χ3n) is 2.26. The molecular formula is C13H7F3N2S. The minimum atomic E-state index is -4.47. The van der Waals surface area contributed by atoms with E-state index in [1.807, 2.05) is 0 Å². The zero-order valence-corrected chi connectivity index (χ0v) is 10.3. The average Bonchev–Trinajstić information content (AvgIpc) is 2.39. The molecule has 2 aromatic rings. The van der Waals surface area contributed by atoms with Crippen LogP contribution in [0, 0.1) is 11.3 Å². The van der Waals surface area contributed by atoms with E-state index in [9.17, 15) is 13.2 Å². The maximum Gasteiger partial charge on any atom is 0.417 e. The predicted molar refractivity (Wildman–Crippen MR) is 64.5 cm³/mol. The zero-order valence-electron chi connectivity index (χ0n) is 9.48. The molecule has 1 heterocycles. The van der Waals surface area contributed by atoms with E-state index in [0.29, 0.717) is 6.20 Å². The van der Waals surface area contributed by atoms with Crippen molar-refractivity contribution in [1.82, 2.24) is 4.98 Å². The summed E-state index contributed by atoms with van der Waals surface area (Å²) in [5.74, 6) is 0. The van der Waals surface area contributed by atoms with Gasteiger partial charge in [-0.05, 0) is 18.2 Å². The van der Waals surface area contributed by atoms with Crippen LogP contribution >= 0.6 is 11.8 Å². The first-order valence-corrected chi connectivity index (χ1v) is 6.02. The van der Waals surface area contributed by atoms with Crippen molar-refractivity contribution in [2.45, 2.75) is 16.0 Å². The number of pyridine rings is 1. The molecule has 96 valence electrons. The fraction of sp³-hybridized carbons (Fsp3) is 0.0769. The summed E-state index contributed by atoms with van der Waals surface area (Å²) in [7, 11) is 0. The fourth-order valence-electron chi connectivity index (χ4n) is 1.38. The van der Waals surface area contributed by atoms with Gasteiger partial charge in [-0.25, -0.2) is 4.98 Å². The number of rotatable bonds is 2. The van der Waals surface area contributed by atoms with E-state index in [2.05, 4.69) is 4.98 Å². The standard InChI is InChI=1S/C13H7F3N2S/c14-13(15,16)9-6-12(11(7-17)18-8-9)19-10-4-2-1-3-5-10/h1-6,8H. The van der Waals surface area contributed by atoms with Gasteiger partial charge in [0.1, 0.15) is 6.07 Å². The molecule has 1 aromatic carbocycles. The Morgan fingerprint density at radius 1 is 1.16 bits per heavy atom. The van der Waals surface area contributed by atoms with Crippen molar-refractivity contribution in [1.29, 1.82) is 5.26 Å². The average molecular weight is 280 g/mol. The van der Waals surface area contributed by atoms with Crippen molar-refractivity contribution >= 4 is 11.8 Å². The summed E-state index contributed by atoms with van der Waals surface area (Å²) in [6.45, 7) is 0. The molecule has 0 atom stereocenters. The second kappa shape index (κ2) is 5.33. The second-order valence-electron chi connectivity index (χ2n) is 3.60. The van der Waals surface area contributed by atoms with Crippen LogP contribution in [-0.2, 0) is 6.18 Å². The highest BCUT2D eigenvalue weighted by atomic mass is 32.2. The Labute approximate surface area is 111 Å². The molecule has 0 radical (unpaired) electrons. The summed E-state index contributed by atoms with van der Waals surface area (Å²) in [5.41, 5.74) is -0.869. The lowest BCUT2D eigenvalue weighted by Crippen LogP contribution is -2.06. The molecule has 2 nitrogen and oxygen atoms in total. The summed E-state index contributed by atoms with van der Waals surface area (Å²) in [6, 6.07) is 11.6. The van der Waals surface area contributed by atoms with Crippen molar-refractivity contribution in [3.05, 3.63) is 53.9 Å². The molecule has 0 amide bonds. The molecule has 19 heavy (non-hydrogen) atoms. The van der Waals surface area contributed by atoms with Gasteiger partial charge in [0.05, 0.1) is 5.56 Å². The van der Waals surface area contributed by atoms with Crippen LogP contribution in [0.4, 0.5) is 13.2 Å². The van der Waals surface area contributed by atoms with Gasteiger partial charge >= 0.3 is 6.18 Å². The molecule has 0 saturated heterocycles. The number of hydrogen-bond acceptors (Lipinski definition) is 3. The lowest BCUT2D eigenvalue weighted by atomic mass is 10.2. The Bertz CT molecular complexity index is 618. The third-order valence-corrected chi connectivity index (χ3v) is 3.30. The topological polar surface area (TPSA) is 36.7 Å². The van der Waals surface area contributed by atoms with Crippen molar-refractivity contribution in [2.24, 2.45) is 0 Å². The smallest absolute Gasteiger partial charge is 0.244 e. The Kier molecular flexibility index (Phi) is 3.76. The highest BCUT2D eigenvalue weighted by molar-refractivity contribution is 7.99. The molecule has 0 N–H and O–H groups in total. The summed E-state index contributed by atoms with van der Waals surface area (Å²) in [6.07, 6.45) is -3.79. The quantitative estimate of drug-likeness (QED) is 0.830. The third kappa shape index (κ3) is 3.26. The van der Waals surface area contributed by atoms with Crippen LogP contribution in [0.5, 0.6) is 0 Å². The molecule has 0 bridgehead atoms. The van der Waals surface area contributed by atoms with E-state index < -0.39 is 11.7 Å². The minimum absolute atomic E-state index is 0.0122. The molecule has 1 aromatic heterocycles. The van der Waals surface area contributed by atoms with Crippen molar-refractivity contribution < 1.29 is 13.2 Å². The zero-order chi connectivity index (χ0) is 13.9. The molecular weight excluding hydrogens is 273 g/mol. The highest BCUT2D eigenvalue weighted by Gasteiger charge is 2.31. The first-order valence-electron chi connectivity index (χ1n) is 5.21. The van der Waals surface area contributed by atoms with Gasteiger partial charge in [0, 0.05) is 16.0 Å². The van der Waals surface area contributed by atoms with Gasteiger partial charge in [-0.3, -0.25) is 0 Å². The van der Waals surface area contributed by atoms with Crippen molar-refractivity contribution in [3.8, 4) is 6.07 Å².